The van der Waals surface area contributed by atoms with Crippen LogP contribution in [-0.4, -0.2) is 31.9 Å². The van der Waals surface area contributed by atoms with Crippen molar-refractivity contribution in [1.29, 1.82) is 0 Å². The van der Waals surface area contributed by atoms with E-state index in [1.165, 1.54) is 0 Å². The molecule has 0 spiro atoms. The van der Waals surface area contributed by atoms with Gasteiger partial charge >= 0.3 is 0 Å². The predicted octanol–water partition coefficient (Wildman–Crippen LogP) is 6.07. The van der Waals surface area contributed by atoms with E-state index in [9.17, 15) is 0 Å². The fourth-order valence-corrected chi connectivity index (χ4v) is 3.44. The number of hydrogen-bond acceptors (Lipinski definition) is 6. The SMILES string of the molecule is CSC(C)(C)OSC(C)(C)SCC(C)(C)OSC(C)C. The lowest BCUT2D eigenvalue weighted by molar-refractivity contribution is 0.169. The zero-order valence-electron chi connectivity index (χ0n) is 14.2. The van der Waals surface area contributed by atoms with E-state index in [0.717, 1.165) is 5.75 Å². The van der Waals surface area contributed by atoms with Gasteiger partial charge in [-0.1, -0.05) is 13.8 Å². The molecule has 0 atom stereocenters. The molecular formula is C14H30O2S4. The fourth-order valence-electron chi connectivity index (χ4n) is 0.857. The monoisotopic (exact) mass is 358 g/mol. The molecule has 20 heavy (non-hydrogen) atoms. The Morgan fingerprint density at radius 2 is 1.50 bits per heavy atom. The molecule has 6 heteroatoms. The molecule has 0 saturated heterocycles. The molecule has 0 amide bonds. The second kappa shape index (κ2) is 8.82. The Bertz CT molecular complexity index is 278. The van der Waals surface area contributed by atoms with Gasteiger partial charge in [-0.05, 0) is 59.8 Å². The first-order valence-electron chi connectivity index (χ1n) is 6.79. The second-order valence-corrected chi connectivity index (χ2v) is 12.4. The third-order valence-corrected chi connectivity index (χ3v) is 7.27. The molecule has 0 aliphatic rings. The maximum absolute atomic E-state index is 5.92. The van der Waals surface area contributed by atoms with E-state index in [2.05, 4.69) is 61.6 Å². The van der Waals surface area contributed by atoms with Gasteiger partial charge < -0.3 is 4.18 Å². The molecule has 0 unspecified atom stereocenters. The van der Waals surface area contributed by atoms with Crippen molar-refractivity contribution in [3.8, 4) is 0 Å². The average molecular weight is 359 g/mol. The van der Waals surface area contributed by atoms with Gasteiger partial charge in [-0.3, -0.25) is 4.18 Å². The van der Waals surface area contributed by atoms with Gasteiger partial charge in [0.15, 0.2) is 0 Å². The van der Waals surface area contributed by atoms with E-state index >= 15 is 0 Å². The van der Waals surface area contributed by atoms with Crippen LogP contribution in [0.15, 0.2) is 0 Å². The largest absolute Gasteiger partial charge is 0.308 e. The quantitative estimate of drug-likeness (QED) is 0.346. The van der Waals surface area contributed by atoms with Crippen LogP contribution in [0.1, 0.15) is 55.4 Å². The summed E-state index contributed by atoms with van der Waals surface area (Å²) in [4.78, 5) is -0.151. The molecule has 0 aliphatic carbocycles. The van der Waals surface area contributed by atoms with E-state index < -0.39 is 0 Å². The van der Waals surface area contributed by atoms with Crippen LogP contribution in [-0.2, 0) is 8.37 Å². The first kappa shape index (κ1) is 21.3. The molecule has 0 aromatic carbocycles. The van der Waals surface area contributed by atoms with Crippen LogP contribution in [0.3, 0.4) is 0 Å². The van der Waals surface area contributed by atoms with Crippen molar-refractivity contribution in [3.05, 3.63) is 0 Å². The zero-order valence-corrected chi connectivity index (χ0v) is 17.5. The first-order valence-corrected chi connectivity index (χ1v) is 10.6. The van der Waals surface area contributed by atoms with Crippen molar-refractivity contribution in [3.63, 3.8) is 0 Å². The van der Waals surface area contributed by atoms with E-state index in [4.69, 9.17) is 8.37 Å². The Morgan fingerprint density at radius 1 is 0.950 bits per heavy atom. The van der Waals surface area contributed by atoms with Crippen LogP contribution in [0.25, 0.3) is 0 Å². The Morgan fingerprint density at radius 3 is 1.95 bits per heavy atom. The maximum atomic E-state index is 5.92. The van der Waals surface area contributed by atoms with E-state index in [1.807, 2.05) is 11.8 Å². The minimum absolute atomic E-state index is 0.0100. The van der Waals surface area contributed by atoms with Crippen LogP contribution < -0.4 is 0 Å². The van der Waals surface area contributed by atoms with Crippen molar-refractivity contribution in [1.82, 2.24) is 0 Å². The highest BCUT2D eigenvalue weighted by molar-refractivity contribution is 8.16. The van der Waals surface area contributed by atoms with Crippen LogP contribution in [0.4, 0.5) is 0 Å². The maximum Gasteiger partial charge on any atom is 0.122 e. The standard InChI is InChI=1S/C14H30O2S4/c1-11(2)19-15-12(3,4)10-18-14(7,8)20-16-13(5,6)17-9/h11H,10H2,1-9H3. The van der Waals surface area contributed by atoms with E-state index in [0.29, 0.717) is 5.25 Å². The molecule has 0 heterocycles. The molecule has 0 radical (unpaired) electrons. The molecule has 0 bridgehead atoms. The minimum atomic E-state index is -0.151. The van der Waals surface area contributed by atoms with Gasteiger partial charge in [0.2, 0.25) is 0 Å². The molecule has 0 fully saturated rings. The molecule has 122 valence electrons. The second-order valence-electron chi connectivity index (χ2n) is 6.45. The summed E-state index contributed by atoms with van der Waals surface area (Å²) in [7, 11) is 0. The van der Waals surface area contributed by atoms with E-state index in [-0.39, 0.29) is 14.6 Å². The van der Waals surface area contributed by atoms with Crippen LogP contribution >= 0.6 is 47.6 Å². The van der Waals surface area contributed by atoms with Gasteiger partial charge in [-0.15, -0.1) is 23.5 Å². The average Bonchev–Trinajstić information content (AvgIpc) is 2.33. The van der Waals surface area contributed by atoms with Gasteiger partial charge in [0, 0.05) is 23.0 Å². The van der Waals surface area contributed by atoms with Crippen molar-refractivity contribution in [2.75, 3.05) is 12.0 Å². The van der Waals surface area contributed by atoms with Crippen LogP contribution in [0.5, 0.6) is 0 Å². The Labute approximate surface area is 143 Å². The summed E-state index contributed by atoms with van der Waals surface area (Å²) < 4.78 is 11.8. The first-order chi connectivity index (χ1) is 8.89. The summed E-state index contributed by atoms with van der Waals surface area (Å²) in [5, 5.41) is 0.493. The van der Waals surface area contributed by atoms with Crippen molar-refractivity contribution in [2.45, 2.75) is 75.3 Å². The van der Waals surface area contributed by atoms with Gasteiger partial charge in [-0.25, -0.2) is 0 Å². The number of hydrogen-bond donors (Lipinski definition) is 0. The Hall–Kier alpha value is 1.32. The number of thioether (sulfide) groups is 2. The molecular weight excluding hydrogens is 328 g/mol. The molecule has 0 aromatic rings. The van der Waals surface area contributed by atoms with Gasteiger partial charge in [0.25, 0.3) is 0 Å². The van der Waals surface area contributed by atoms with Crippen molar-refractivity contribution >= 4 is 47.6 Å². The van der Waals surface area contributed by atoms with Crippen molar-refractivity contribution in [2.24, 2.45) is 0 Å². The summed E-state index contributed by atoms with van der Waals surface area (Å²) in [6.07, 6.45) is 2.07. The Kier molecular flexibility index (Phi) is 9.41. The fraction of sp³-hybridized carbons (Fsp3) is 1.00. The normalized spacial score (nSPS) is 14.1. The third-order valence-electron chi connectivity index (χ3n) is 2.17. The number of rotatable bonds is 10. The summed E-state index contributed by atoms with van der Waals surface area (Å²) in [5.74, 6) is 0.940. The lowest BCUT2D eigenvalue weighted by atomic mass is 10.2. The van der Waals surface area contributed by atoms with E-state index in [1.54, 1.807) is 35.8 Å². The molecule has 0 saturated carbocycles. The molecule has 0 rings (SSSR count). The minimum Gasteiger partial charge on any atom is -0.308 e. The molecule has 0 aliphatic heterocycles. The molecule has 0 aromatic heterocycles. The van der Waals surface area contributed by atoms with Crippen LogP contribution in [0.2, 0.25) is 0 Å². The lowest BCUT2D eigenvalue weighted by Gasteiger charge is -2.32. The highest BCUT2D eigenvalue weighted by Crippen LogP contribution is 2.43. The zero-order chi connectivity index (χ0) is 16.0. The topological polar surface area (TPSA) is 18.5 Å². The van der Waals surface area contributed by atoms with Crippen molar-refractivity contribution < 1.29 is 8.37 Å². The lowest BCUT2D eigenvalue weighted by Crippen LogP contribution is -2.28. The van der Waals surface area contributed by atoms with Gasteiger partial charge in [0.05, 0.1) is 9.68 Å². The molecule has 2 nitrogen and oxygen atoms in total. The third kappa shape index (κ3) is 11.0. The Balaban J connectivity index is 4.20. The highest BCUT2D eigenvalue weighted by Gasteiger charge is 2.30. The highest BCUT2D eigenvalue weighted by atomic mass is 32.2. The van der Waals surface area contributed by atoms with Gasteiger partial charge in [0.1, 0.15) is 4.93 Å². The summed E-state index contributed by atoms with van der Waals surface area (Å²) in [5.41, 5.74) is -0.132. The van der Waals surface area contributed by atoms with Crippen LogP contribution in [0, 0.1) is 0 Å². The summed E-state index contributed by atoms with van der Waals surface area (Å²) in [6, 6.07) is 0. The smallest absolute Gasteiger partial charge is 0.122 e. The molecule has 0 N–H and O–H groups in total. The summed E-state index contributed by atoms with van der Waals surface area (Å²) >= 11 is 6.71. The summed E-state index contributed by atoms with van der Waals surface area (Å²) in [6.45, 7) is 17.2. The predicted molar refractivity (Wildman–Crippen MR) is 101 cm³/mol. The van der Waals surface area contributed by atoms with Gasteiger partial charge in [-0.2, -0.15) is 0 Å².